The highest BCUT2D eigenvalue weighted by Gasteiger charge is 2.23. The Bertz CT molecular complexity index is 1000. The van der Waals surface area contributed by atoms with Gasteiger partial charge in [-0.3, -0.25) is 9.36 Å². The number of allylic oxidation sites excluding steroid dienone is 3. The van der Waals surface area contributed by atoms with E-state index in [2.05, 4.69) is 31.3 Å². The molecule has 0 radical (unpaired) electrons. The summed E-state index contributed by atoms with van der Waals surface area (Å²) < 4.78 is 23.2. The van der Waals surface area contributed by atoms with Gasteiger partial charge in [0.05, 0.1) is 39.9 Å². The van der Waals surface area contributed by atoms with Crippen molar-refractivity contribution >= 4 is 13.7 Å². The van der Waals surface area contributed by atoms with E-state index in [9.17, 15) is 19.4 Å². The lowest BCUT2D eigenvalue weighted by molar-refractivity contribution is -0.870. The van der Waals surface area contributed by atoms with E-state index in [4.69, 9.17) is 9.05 Å². The zero-order valence-electron chi connectivity index (χ0n) is 39.0. The van der Waals surface area contributed by atoms with Gasteiger partial charge in [-0.2, -0.15) is 0 Å². The van der Waals surface area contributed by atoms with Gasteiger partial charge in [-0.1, -0.05) is 205 Å². The largest absolute Gasteiger partial charge is 0.756 e. The third-order valence-corrected chi connectivity index (χ3v) is 12.1. The van der Waals surface area contributed by atoms with Crippen molar-refractivity contribution in [3.8, 4) is 0 Å². The van der Waals surface area contributed by atoms with Gasteiger partial charge < -0.3 is 28.8 Å². The molecule has 344 valence electrons. The van der Waals surface area contributed by atoms with Crippen molar-refractivity contribution in [3.05, 3.63) is 24.3 Å². The van der Waals surface area contributed by atoms with Gasteiger partial charge in [0, 0.05) is 6.42 Å². The Morgan fingerprint density at radius 2 is 0.948 bits per heavy atom. The maximum absolute atomic E-state index is 12.9. The summed E-state index contributed by atoms with van der Waals surface area (Å²) in [6, 6.07) is -0.882. The van der Waals surface area contributed by atoms with Crippen LogP contribution in [0.25, 0.3) is 0 Å². The predicted octanol–water partition coefficient (Wildman–Crippen LogP) is 13.5. The number of phosphoric ester groups is 1. The fraction of sp³-hybridized carbons (Fsp3) is 0.898. The van der Waals surface area contributed by atoms with Gasteiger partial charge in [0.15, 0.2) is 0 Å². The van der Waals surface area contributed by atoms with E-state index in [0.29, 0.717) is 17.4 Å². The van der Waals surface area contributed by atoms with Crippen LogP contribution in [0.5, 0.6) is 0 Å². The lowest BCUT2D eigenvalue weighted by Crippen LogP contribution is -2.45. The van der Waals surface area contributed by atoms with Crippen molar-refractivity contribution in [3.63, 3.8) is 0 Å². The van der Waals surface area contributed by atoms with Crippen LogP contribution in [-0.4, -0.2) is 68.5 Å². The number of carbonyl (C=O) groups is 1. The molecule has 0 saturated heterocycles. The molecule has 0 aromatic rings. The van der Waals surface area contributed by atoms with E-state index < -0.39 is 20.0 Å². The van der Waals surface area contributed by atoms with Crippen molar-refractivity contribution in [1.29, 1.82) is 0 Å². The molecule has 0 aliphatic heterocycles. The number of aliphatic hydroxyl groups is 1. The lowest BCUT2D eigenvalue weighted by atomic mass is 10.0. The molecule has 0 spiro atoms. The molecule has 3 atom stereocenters. The number of carbonyl (C=O) groups excluding carboxylic acids is 1. The number of phosphoric acid groups is 1. The van der Waals surface area contributed by atoms with Gasteiger partial charge in [-0.25, -0.2) is 0 Å². The Labute approximate surface area is 360 Å². The Morgan fingerprint density at radius 1 is 0.586 bits per heavy atom. The van der Waals surface area contributed by atoms with E-state index in [1.54, 1.807) is 6.08 Å². The van der Waals surface area contributed by atoms with Crippen molar-refractivity contribution in [2.24, 2.45) is 0 Å². The van der Waals surface area contributed by atoms with Gasteiger partial charge in [0.2, 0.25) is 5.91 Å². The standard InChI is InChI=1S/C49H97N2O6P/c1-6-8-10-12-14-16-18-20-21-22-23-24-25-26-27-28-29-31-33-35-37-39-41-43-49(53)50-47(46-57-58(54,55)56-45-44-51(3,4)5)48(52)42-40-38-36-34-32-30-19-17-15-13-11-9-7-2/h20-21,40,42,47-48,52H,6-19,22-39,41,43-46H2,1-5H3,(H-,50,53,54,55). The lowest BCUT2D eigenvalue weighted by Gasteiger charge is -2.29. The highest BCUT2D eigenvalue weighted by molar-refractivity contribution is 7.45. The molecule has 1 amide bonds. The topological polar surface area (TPSA) is 108 Å². The normalized spacial score (nSPS) is 14.4. The smallest absolute Gasteiger partial charge is 0.268 e. The van der Waals surface area contributed by atoms with E-state index in [1.807, 2.05) is 27.2 Å². The summed E-state index contributed by atoms with van der Waals surface area (Å²) in [5.74, 6) is -0.196. The number of aliphatic hydroxyl groups excluding tert-OH is 1. The molecule has 0 aliphatic carbocycles. The van der Waals surface area contributed by atoms with Gasteiger partial charge in [0.1, 0.15) is 13.2 Å². The summed E-state index contributed by atoms with van der Waals surface area (Å²) in [5.41, 5.74) is 0. The highest BCUT2D eigenvalue weighted by Crippen LogP contribution is 2.38. The second kappa shape index (κ2) is 41.3. The Balaban J connectivity index is 4.23. The summed E-state index contributed by atoms with van der Waals surface area (Å²) >= 11 is 0. The van der Waals surface area contributed by atoms with E-state index in [1.165, 1.54) is 173 Å². The Hall–Kier alpha value is -1.02. The van der Waals surface area contributed by atoms with Crippen LogP contribution in [-0.2, 0) is 18.4 Å². The fourth-order valence-corrected chi connectivity index (χ4v) is 7.93. The Morgan fingerprint density at radius 3 is 1.34 bits per heavy atom. The zero-order valence-corrected chi connectivity index (χ0v) is 39.9. The summed E-state index contributed by atoms with van der Waals surface area (Å²) in [4.78, 5) is 25.3. The number of unbranched alkanes of at least 4 members (excludes halogenated alkanes) is 30. The van der Waals surface area contributed by atoms with Gasteiger partial charge in [0.25, 0.3) is 7.82 Å². The van der Waals surface area contributed by atoms with Crippen molar-refractivity contribution in [1.82, 2.24) is 5.32 Å². The van der Waals surface area contributed by atoms with Crippen molar-refractivity contribution < 1.29 is 32.9 Å². The van der Waals surface area contributed by atoms with Gasteiger partial charge in [-0.15, -0.1) is 0 Å². The monoisotopic (exact) mass is 841 g/mol. The maximum Gasteiger partial charge on any atom is 0.268 e. The number of amides is 1. The van der Waals surface area contributed by atoms with Crippen LogP contribution in [0.4, 0.5) is 0 Å². The first-order valence-corrected chi connectivity index (χ1v) is 26.2. The predicted molar refractivity (Wildman–Crippen MR) is 247 cm³/mol. The first-order valence-electron chi connectivity index (χ1n) is 24.7. The molecule has 0 aromatic carbocycles. The second-order valence-corrected chi connectivity index (χ2v) is 19.6. The molecule has 9 heteroatoms. The number of likely N-dealkylation sites (N-methyl/N-ethyl adjacent to an activating group) is 1. The highest BCUT2D eigenvalue weighted by atomic mass is 31.2. The molecule has 0 aliphatic rings. The average Bonchev–Trinajstić information content (AvgIpc) is 3.17. The first-order chi connectivity index (χ1) is 28.0. The Kier molecular flexibility index (Phi) is 40.6. The average molecular weight is 841 g/mol. The molecule has 0 bridgehead atoms. The number of rotatable bonds is 45. The molecule has 0 heterocycles. The van der Waals surface area contributed by atoms with Crippen molar-refractivity contribution in [2.45, 2.75) is 244 Å². The van der Waals surface area contributed by atoms with E-state index in [0.717, 1.165) is 38.5 Å². The number of hydrogen-bond acceptors (Lipinski definition) is 6. The summed E-state index contributed by atoms with van der Waals surface area (Å²) in [6.07, 6.45) is 49.4. The van der Waals surface area contributed by atoms with E-state index >= 15 is 0 Å². The van der Waals surface area contributed by atoms with Crippen LogP contribution in [0, 0.1) is 0 Å². The molecule has 0 rings (SSSR count). The number of hydrogen-bond donors (Lipinski definition) is 2. The molecule has 0 fully saturated rings. The third kappa shape index (κ3) is 43.1. The molecule has 2 N–H and O–H groups in total. The number of quaternary nitrogens is 1. The van der Waals surface area contributed by atoms with Crippen LogP contribution < -0.4 is 10.2 Å². The zero-order chi connectivity index (χ0) is 42.8. The van der Waals surface area contributed by atoms with Crippen LogP contribution >= 0.6 is 7.82 Å². The molecule has 3 unspecified atom stereocenters. The minimum absolute atomic E-state index is 0.000570. The van der Waals surface area contributed by atoms with Gasteiger partial charge in [-0.05, 0) is 44.9 Å². The SMILES string of the molecule is CCCCCCCCC=CCCCCCCCCCCCCCCCC(=O)NC(COP(=O)([O-])OCC[N+](C)(C)C)C(O)C=CCCCCCCCCCCCCC. The summed E-state index contributed by atoms with van der Waals surface area (Å²) in [6.45, 7) is 4.65. The molecular weight excluding hydrogens is 744 g/mol. The molecular formula is C49H97N2O6P. The molecule has 0 aromatic heterocycles. The van der Waals surface area contributed by atoms with E-state index in [-0.39, 0.29) is 19.1 Å². The first kappa shape index (κ1) is 57.0. The number of nitrogens with one attached hydrogen (secondary N) is 1. The third-order valence-electron chi connectivity index (χ3n) is 11.2. The minimum atomic E-state index is -4.58. The van der Waals surface area contributed by atoms with Crippen LogP contribution in [0.1, 0.15) is 232 Å². The molecule has 58 heavy (non-hydrogen) atoms. The minimum Gasteiger partial charge on any atom is -0.756 e. The second-order valence-electron chi connectivity index (χ2n) is 18.2. The molecule has 0 saturated carbocycles. The quantitative estimate of drug-likeness (QED) is 0.0274. The van der Waals surface area contributed by atoms with Crippen molar-refractivity contribution in [2.75, 3.05) is 40.9 Å². The maximum atomic E-state index is 12.9. The van der Waals surface area contributed by atoms with Crippen LogP contribution in [0.3, 0.4) is 0 Å². The summed E-state index contributed by atoms with van der Waals surface area (Å²) in [7, 11) is 1.27. The number of nitrogens with zero attached hydrogens (tertiary/aromatic N) is 1. The molecule has 8 nitrogen and oxygen atoms in total. The fourth-order valence-electron chi connectivity index (χ4n) is 7.21. The van der Waals surface area contributed by atoms with Crippen LogP contribution in [0.15, 0.2) is 24.3 Å². The van der Waals surface area contributed by atoms with Gasteiger partial charge >= 0.3 is 0 Å². The van der Waals surface area contributed by atoms with Crippen LogP contribution in [0.2, 0.25) is 0 Å². The summed E-state index contributed by atoms with van der Waals surface area (Å²) in [5, 5.41) is 13.8.